The van der Waals surface area contributed by atoms with Gasteiger partial charge in [0.25, 0.3) is 5.91 Å². The largest absolute Gasteiger partial charge is 0.495 e. The summed E-state index contributed by atoms with van der Waals surface area (Å²) in [5, 5.41) is 5.42. The number of amidine groups is 1. The van der Waals surface area contributed by atoms with Gasteiger partial charge in [0.05, 0.1) is 18.5 Å². The first-order valence-electron chi connectivity index (χ1n) is 17.0. The number of nitrogens with one attached hydrogen (secondary N) is 2. The molecule has 9 heteroatoms. The number of allylic oxidation sites excluding steroid dienone is 1. The van der Waals surface area contributed by atoms with E-state index in [4.69, 9.17) is 9.73 Å². The first kappa shape index (κ1) is 33.1. The van der Waals surface area contributed by atoms with Crippen molar-refractivity contribution >= 4 is 17.4 Å². The minimum Gasteiger partial charge on any atom is -0.495 e. The molecule has 2 saturated carbocycles. The van der Waals surface area contributed by atoms with E-state index >= 15 is 0 Å². The number of carbonyl (C=O) groups is 1. The second-order valence-corrected chi connectivity index (χ2v) is 13.8. The lowest BCUT2D eigenvalue weighted by atomic mass is 9.87. The molecule has 45 heavy (non-hydrogen) atoms. The van der Waals surface area contributed by atoms with Gasteiger partial charge in [-0.1, -0.05) is 65.2 Å². The normalized spacial score (nSPS) is 24.2. The van der Waals surface area contributed by atoms with Crippen LogP contribution in [0.5, 0.6) is 5.75 Å². The molecule has 2 N–H and O–H groups in total. The van der Waals surface area contributed by atoms with Gasteiger partial charge in [0.2, 0.25) is 0 Å². The first-order valence-corrected chi connectivity index (χ1v) is 17.0. The molecule has 0 spiro atoms. The highest BCUT2D eigenvalue weighted by molar-refractivity contribution is 5.99. The highest BCUT2D eigenvalue weighted by Gasteiger charge is 2.39. The summed E-state index contributed by atoms with van der Waals surface area (Å²) in [7, 11) is 3.70. The molecule has 1 amide bonds. The molecule has 2 aliphatic heterocycles. The van der Waals surface area contributed by atoms with Crippen LogP contribution in [0.1, 0.15) is 88.9 Å². The fourth-order valence-electron chi connectivity index (χ4n) is 7.55. The van der Waals surface area contributed by atoms with Crippen molar-refractivity contribution in [3.8, 4) is 5.75 Å². The zero-order valence-corrected chi connectivity index (χ0v) is 28.3. The van der Waals surface area contributed by atoms with Crippen LogP contribution in [0.3, 0.4) is 0 Å². The van der Waals surface area contributed by atoms with E-state index < -0.39 is 0 Å². The van der Waals surface area contributed by atoms with Gasteiger partial charge in [-0.3, -0.25) is 15.1 Å². The summed E-state index contributed by atoms with van der Waals surface area (Å²) in [4.78, 5) is 25.6. The smallest absolute Gasteiger partial charge is 0.265 e. The summed E-state index contributed by atoms with van der Waals surface area (Å²) in [5.74, 6) is 1.87. The number of amides is 1. The van der Waals surface area contributed by atoms with E-state index in [2.05, 4.69) is 72.5 Å². The summed E-state index contributed by atoms with van der Waals surface area (Å²) in [6.07, 6.45) is 13.5. The van der Waals surface area contributed by atoms with Crippen molar-refractivity contribution in [3.05, 3.63) is 60.2 Å². The number of hydrogen-bond donors (Lipinski definition) is 2. The van der Waals surface area contributed by atoms with Crippen LogP contribution < -0.4 is 15.5 Å². The summed E-state index contributed by atoms with van der Waals surface area (Å²) >= 11 is 0. The minimum atomic E-state index is -0.126. The summed E-state index contributed by atoms with van der Waals surface area (Å²) in [5.41, 5.74) is 6.37. The van der Waals surface area contributed by atoms with Crippen molar-refractivity contribution in [3.63, 3.8) is 0 Å². The third kappa shape index (κ3) is 7.58. The lowest BCUT2D eigenvalue weighted by molar-refractivity contribution is 0.0516. The predicted molar refractivity (Wildman–Crippen MR) is 184 cm³/mol. The fourth-order valence-corrected chi connectivity index (χ4v) is 7.55. The number of likely N-dealkylation sites (N-methyl/N-ethyl adjacent to an activating group) is 1. The van der Waals surface area contributed by atoms with Gasteiger partial charge in [0.15, 0.2) is 5.84 Å². The Hall–Kier alpha value is -3.30. The zero-order valence-electron chi connectivity index (χ0n) is 28.3. The van der Waals surface area contributed by atoms with Gasteiger partial charge < -0.3 is 19.9 Å². The van der Waals surface area contributed by atoms with E-state index in [0.717, 1.165) is 68.8 Å². The molecule has 2 aliphatic carbocycles. The van der Waals surface area contributed by atoms with Crippen LogP contribution in [-0.4, -0.2) is 90.4 Å². The lowest BCUT2D eigenvalue weighted by Gasteiger charge is -2.39. The number of methoxy groups -OCH3 is 1. The van der Waals surface area contributed by atoms with Gasteiger partial charge in [-0.05, 0) is 50.8 Å². The Morgan fingerprint density at radius 1 is 1.02 bits per heavy atom. The van der Waals surface area contributed by atoms with E-state index in [0.29, 0.717) is 28.9 Å². The molecule has 1 aromatic carbocycles. The number of nitrogens with zero attached hydrogens (tertiary/aromatic N) is 5. The molecule has 0 radical (unpaired) electrons. The standard InChI is InChI=1S/C36H55N7O2/c1-8-32-34(43(30-16-10-9-11-17-30)25-36(4,5)26(2)40(32)6)38-27(3)37-31-19-18-28(24-33(31)45-7)35(44)39-42-22-20-41(21-23-42)29-14-12-13-15-29/h8,18-19,24,29-30,37H,2-3,9-17,20-23,25H2,1,4-7H3,(H,39,44)/b32-8+,38-34+. The topological polar surface area (TPSA) is 75.7 Å². The van der Waals surface area contributed by atoms with E-state index in [1.54, 1.807) is 13.2 Å². The minimum absolute atomic E-state index is 0.115. The van der Waals surface area contributed by atoms with E-state index in [1.165, 1.54) is 44.9 Å². The van der Waals surface area contributed by atoms with Gasteiger partial charge >= 0.3 is 0 Å². The lowest BCUT2D eigenvalue weighted by Crippen LogP contribution is -2.55. The summed E-state index contributed by atoms with van der Waals surface area (Å²) < 4.78 is 5.73. The van der Waals surface area contributed by atoms with Crippen molar-refractivity contribution < 1.29 is 9.53 Å². The highest BCUT2D eigenvalue weighted by atomic mass is 16.5. The number of anilines is 1. The van der Waals surface area contributed by atoms with Crippen LogP contribution in [0.4, 0.5) is 5.69 Å². The Bertz CT molecular complexity index is 1300. The number of carbonyl (C=O) groups excluding carboxylic acids is 1. The van der Waals surface area contributed by atoms with Crippen LogP contribution in [-0.2, 0) is 0 Å². The molecule has 246 valence electrons. The number of ether oxygens (including phenoxy) is 1. The number of rotatable bonds is 8. The molecular formula is C36H55N7O2. The van der Waals surface area contributed by atoms with Crippen molar-refractivity contribution in [2.24, 2.45) is 10.4 Å². The van der Waals surface area contributed by atoms with Crippen molar-refractivity contribution in [2.75, 3.05) is 52.2 Å². The number of hydrazine groups is 1. The molecule has 0 unspecified atom stereocenters. The quantitative estimate of drug-likeness (QED) is 0.360. The van der Waals surface area contributed by atoms with E-state index in [-0.39, 0.29) is 11.3 Å². The van der Waals surface area contributed by atoms with Crippen molar-refractivity contribution in [1.29, 1.82) is 0 Å². The van der Waals surface area contributed by atoms with Crippen LogP contribution in [0.2, 0.25) is 0 Å². The first-order chi connectivity index (χ1) is 21.6. The van der Waals surface area contributed by atoms with E-state index in [9.17, 15) is 4.79 Å². The number of piperazine rings is 1. The second kappa shape index (κ2) is 14.4. The van der Waals surface area contributed by atoms with Crippen molar-refractivity contribution in [1.82, 2.24) is 25.1 Å². The van der Waals surface area contributed by atoms with Crippen LogP contribution >= 0.6 is 0 Å². The average Bonchev–Trinajstić information content (AvgIpc) is 3.57. The molecular weight excluding hydrogens is 562 g/mol. The molecule has 2 saturated heterocycles. The molecule has 5 rings (SSSR count). The Balaban J connectivity index is 1.30. The monoisotopic (exact) mass is 617 g/mol. The van der Waals surface area contributed by atoms with Crippen LogP contribution in [0, 0.1) is 5.41 Å². The molecule has 0 atom stereocenters. The fraction of sp³-hybridized carbons (Fsp3) is 0.611. The number of aliphatic imine (C=N–C) groups is 1. The maximum Gasteiger partial charge on any atom is 0.265 e. The maximum absolute atomic E-state index is 13.2. The molecule has 4 fully saturated rings. The van der Waals surface area contributed by atoms with Crippen molar-refractivity contribution in [2.45, 2.75) is 90.6 Å². The van der Waals surface area contributed by atoms with Gasteiger partial charge in [-0.15, -0.1) is 0 Å². The highest BCUT2D eigenvalue weighted by Crippen LogP contribution is 2.38. The predicted octanol–water partition coefficient (Wildman–Crippen LogP) is 6.21. The summed E-state index contributed by atoms with van der Waals surface area (Å²) in [6, 6.07) is 6.63. The average molecular weight is 618 g/mol. The van der Waals surface area contributed by atoms with Crippen LogP contribution in [0.25, 0.3) is 0 Å². The van der Waals surface area contributed by atoms with E-state index in [1.807, 2.05) is 17.1 Å². The second-order valence-electron chi connectivity index (χ2n) is 13.8. The Kier molecular flexibility index (Phi) is 10.6. The summed E-state index contributed by atoms with van der Waals surface area (Å²) in [6.45, 7) is 19.9. The maximum atomic E-state index is 13.2. The molecule has 0 bridgehead atoms. The third-order valence-electron chi connectivity index (χ3n) is 10.3. The molecule has 0 aromatic heterocycles. The van der Waals surface area contributed by atoms with Gasteiger partial charge in [0, 0.05) is 68.5 Å². The van der Waals surface area contributed by atoms with Gasteiger partial charge in [-0.25, -0.2) is 10.0 Å². The SMILES string of the molecule is C=C(/N=C1\C(=C/C)N(C)C(=C)C(C)(C)CN1C1CCCCC1)Nc1ccc(C(=O)NN2CCN(C3CCCC3)CC2)cc1OC. The third-order valence-corrected chi connectivity index (χ3v) is 10.3. The van der Waals surface area contributed by atoms with Crippen LogP contribution in [0.15, 0.2) is 59.6 Å². The molecule has 1 aromatic rings. The Morgan fingerprint density at radius 2 is 1.67 bits per heavy atom. The zero-order chi connectivity index (χ0) is 32.1. The Morgan fingerprint density at radius 3 is 2.31 bits per heavy atom. The van der Waals surface area contributed by atoms with Gasteiger partial charge in [0.1, 0.15) is 11.6 Å². The number of hydrogen-bond acceptors (Lipinski definition) is 7. The number of benzene rings is 1. The van der Waals surface area contributed by atoms with Gasteiger partial charge in [-0.2, -0.15) is 0 Å². The molecule has 4 aliphatic rings. The molecule has 2 heterocycles. The Labute approximate surface area is 271 Å². The molecule has 9 nitrogen and oxygen atoms in total.